The van der Waals surface area contributed by atoms with Crippen LogP contribution in [-0.4, -0.2) is 5.91 Å². The Bertz CT molecular complexity index is 832. The van der Waals surface area contributed by atoms with Crippen LogP contribution < -0.4 is 5.32 Å². The van der Waals surface area contributed by atoms with Crippen LogP contribution in [0.2, 0.25) is 10.0 Å². The topological polar surface area (TPSA) is 29.1 Å². The Morgan fingerprint density at radius 3 is 2.00 bits per heavy atom. The maximum absolute atomic E-state index is 12.7. The quantitative estimate of drug-likeness (QED) is 0.656. The second-order valence-corrected chi connectivity index (χ2v) is 6.19. The molecule has 4 heteroatoms. The summed E-state index contributed by atoms with van der Waals surface area (Å²) in [5.74, 6) is -0.218. The van der Waals surface area contributed by atoms with Crippen molar-refractivity contribution in [3.05, 3.63) is 106 Å². The monoisotopic (exact) mass is 355 g/mol. The Morgan fingerprint density at radius 1 is 0.750 bits per heavy atom. The van der Waals surface area contributed by atoms with Gasteiger partial charge in [0.05, 0.1) is 16.6 Å². The van der Waals surface area contributed by atoms with Gasteiger partial charge in [-0.15, -0.1) is 0 Å². The van der Waals surface area contributed by atoms with Gasteiger partial charge in [-0.3, -0.25) is 4.79 Å². The van der Waals surface area contributed by atoms with Crippen LogP contribution in [0.4, 0.5) is 0 Å². The van der Waals surface area contributed by atoms with Crippen molar-refractivity contribution in [2.75, 3.05) is 0 Å². The summed E-state index contributed by atoms with van der Waals surface area (Å²) in [6, 6.07) is 24.0. The lowest BCUT2D eigenvalue weighted by Gasteiger charge is -2.20. The van der Waals surface area contributed by atoms with E-state index in [1.807, 2.05) is 54.6 Å². The summed E-state index contributed by atoms with van der Waals surface area (Å²) >= 11 is 12.1. The minimum absolute atomic E-state index is 0.218. The molecule has 1 amide bonds. The molecule has 0 saturated heterocycles. The molecule has 0 aliphatic rings. The van der Waals surface area contributed by atoms with E-state index >= 15 is 0 Å². The molecule has 120 valence electrons. The van der Waals surface area contributed by atoms with Crippen molar-refractivity contribution in [3.8, 4) is 0 Å². The minimum Gasteiger partial charge on any atom is -0.341 e. The first-order valence-corrected chi connectivity index (χ1v) is 8.26. The lowest BCUT2D eigenvalue weighted by molar-refractivity contribution is 0.0943. The number of hydrogen-bond donors (Lipinski definition) is 1. The van der Waals surface area contributed by atoms with Crippen molar-refractivity contribution in [2.45, 2.75) is 6.04 Å². The second kappa shape index (κ2) is 7.52. The van der Waals surface area contributed by atoms with E-state index in [0.29, 0.717) is 15.6 Å². The van der Waals surface area contributed by atoms with Crippen LogP contribution in [0.25, 0.3) is 0 Å². The molecule has 3 aromatic carbocycles. The van der Waals surface area contributed by atoms with Gasteiger partial charge in [0.1, 0.15) is 0 Å². The fourth-order valence-electron chi connectivity index (χ4n) is 2.51. The van der Waals surface area contributed by atoms with Crippen molar-refractivity contribution in [1.29, 1.82) is 0 Å². The summed E-state index contributed by atoms with van der Waals surface area (Å²) in [5, 5.41) is 4.14. The number of carbonyl (C=O) groups excluding carboxylic acids is 1. The molecule has 0 fully saturated rings. The van der Waals surface area contributed by atoms with Crippen molar-refractivity contribution in [3.63, 3.8) is 0 Å². The molecule has 0 aromatic heterocycles. The third kappa shape index (κ3) is 3.78. The van der Waals surface area contributed by atoms with Crippen LogP contribution in [-0.2, 0) is 0 Å². The van der Waals surface area contributed by atoms with Gasteiger partial charge in [0.25, 0.3) is 5.91 Å². The third-order valence-corrected chi connectivity index (χ3v) is 4.31. The molecular weight excluding hydrogens is 341 g/mol. The Labute approximate surface area is 151 Å². The first-order chi connectivity index (χ1) is 11.6. The Morgan fingerprint density at radius 2 is 1.33 bits per heavy atom. The zero-order valence-electron chi connectivity index (χ0n) is 12.7. The Balaban J connectivity index is 1.95. The highest BCUT2D eigenvalue weighted by Crippen LogP contribution is 2.25. The zero-order chi connectivity index (χ0) is 16.9. The SMILES string of the molecule is O=C(NC(c1ccccc1)c1ccc(Cl)cc1)c1ccccc1Cl. The Kier molecular flexibility index (Phi) is 5.19. The normalized spacial score (nSPS) is 11.8. The maximum atomic E-state index is 12.7. The molecule has 3 aromatic rings. The van der Waals surface area contributed by atoms with Crippen molar-refractivity contribution < 1.29 is 4.79 Å². The fourth-order valence-corrected chi connectivity index (χ4v) is 2.86. The van der Waals surface area contributed by atoms with E-state index in [-0.39, 0.29) is 11.9 Å². The van der Waals surface area contributed by atoms with E-state index in [0.717, 1.165) is 11.1 Å². The standard InChI is InChI=1S/C20H15Cl2NO/c21-16-12-10-15(11-13-16)19(14-6-2-1-3-7-14)23-20(24)17-8-4-5-9-18(17)22/h1-13,19H,(H,23,24). The summed E-state index contributed by atoms with van der Waals surface area (Å²) in [4.78, 5) is 12.7. The molecule has 1 atom stereocenters. The molecule has 1 unspecified atom stereocenters. The molecule has 0 radical (unpaired) electrons. The number of carbonyl (C=O) groups is 1. The summed E-state index contributed by atoms with van der Waals surface area (Å²) in [6.07, 6.45) is 0. The Hall–Kier alpha value is -2.29. The molecule has 2 nitrogen and oxygen atoms in total. The van der Waals surface area contributed by atoms with Gasteiger partial charge in [-0.1, -0.05) is 77.8 Å². The van der Waals surface area contributed by atoms with Crippen molar-refractivity contribution >= 4 is 29.1 Å². The smallest absolute Gasteiger partial charge is 0.253 e. The van der Waals surface area contributed by atoms with Crippen molar-refractivity contribution in [1.82, 2.24) is 5.32 Å². The van der Waals surface area contributed by atoms with E-state index in [9.17, 15) is 4.79 Å². The van der Waals surface area contributed by atoms with Gasteiger partial charge in [-0.25, -0.2) is 0 Å². The van der Waals surface area contributed by atoms with E-state index in [4.69, 9.17) is 23.2 Å². The highest BCUT2D eigenvalue weighted by Gasteiger charge is 2.19. The van der Waals surface area contributed by atoms with Gasteiger partial charge in [0, 0.05) is 5.02 Å². The van der Waals surface area contributed by atoms with E-state index in [2.05, 4.69) is 5.32 Å². The highest BCUT2D eigenvalue weighted by molar-refractivity contribution is 6.33. The zero-order valence-corrected chi connectivity index (χ0v) is 14.3. The van der Waals surface area contributed by atoms with E-state index in [1.165, 1.54) is 0 Å². The lowest BCUT2D eigenvalue weighted by atomic mass is 9.98. The summed E-state index contributed by atoms with van der Waals surface area (Å²) in [7, 11) is 0. The summed E-state index contributed by atoms with van der Waals surface area (Å²) in [5.41, 5.74) is 2.39. The van der Waals surface area contributed by atoms with Crippen LogP contribution in [0.1, 0.15) is 27.5 Å². The number of benzene rings is 3. The predicted octanol–water partition coefficient (Wildman–Crippen LogP) is 5.51. The lowest BCUT2D eigenvalue weighted by Crippen LogP contribution is -2.29. The van der Waals surface area contributed by atoms with Crippen LogP contribution >= 0.6 is 23.2 Å². The average molecular weight is 356 g/mol. The molecule has 0 heterocycles. The molecule has 0 spiro atoms. The molecule has 0 aliphatic heterocycles. The first kappa shape index (κ1) is 16.6. The van der Waals surface area contributed by atoms with Gasteiger partial charge >= 0.3 is 0 Å². The number of rotatable bonds is 4. The number of amides is 1. The molecule has 1 N–H and O–H groups in total. The van der Waals surface area contributed by atoms with Gasteiger partial charge in [-0.2, -0.15) is 0 Å². The third-order valence-electron chi connectivity index (χ3n) is 3.73. The number of nitrogens with one attached hydrogen (secondary N) is 1. The number of halogens is 2. The van der Waals surface area contributed by atoms with Crippen LogP contribution in [0.3, 0.4) is 0 Å². The largest absolute Gasteiger partial charge is 0.341 e. The summed E-state index contributed by atoms with van der Waals surface area (Å²) in [6.45, 7) is 0. The number of hydrogen-bond acceptors (Lipinski definition) is 1. The first-order valence-electron chi connectivity index (χ1n) is 7.51. The van der Waals surface area contributed by atoms with Crippen LogP contribution in [0, 0.1) is 0 Å². The fraction of sp³-hybridized carbons (Fsp3) is 0.0500. The molecule has 0 saturated carbocycles. The molecule has 24 heavy (non-hydrogen) atoms. The van der Waals surface area contributed by atoms with Gasteiger partial charge in [0.2, 0.25) is 0 Å². The van der Waals surface area contributed by atoms with Gasteiger partial charge in [0.15, 0.2) is 0 Å². The van der Waals surface area contributed by atoms with Crippen LogP contribution in [0.15, 0.2) is 78.9 Å². The van der Waals surface area contributed by atoms with Crippen molar-refractivity contribution in [2.24, 2.45) is 0 Å². The molecular formula is C20H15Cl2NO. The molecule has 3 rings (SSSR count). The second-order valence-electron chi connectivity index (χ2n) is 5.35. The van der Waals surface area contributed by atoms with Crippen LogP contribution in [0.5, 0.6) is 0 Å². The maximum Gasteiger partial charge on any atom is 0.253 e. The predicted molar refractivity (Wildman–Crippen MR) is 98.7 cm³/mol. The summed E-state index contributed by atoms with van der Waals surface area (Å²) < 4.78 is 0. The minimum atomic E-state index is -0.285. The van der Waals surface area contributed by atoms with Gasteiger partial charge in [-0.05, 0) is 35.4 Å². The average Bonchev–Trinajstić information content (AvgIpc) is 2.61. The van der Waals surface area contributed by atoms with E-state index < -0.39 is 0 Å². The van der Waals surface area contributed by atoms with Gasteiger partial charge < -0.3 is 5.32 Å². The molecule has 0 bridgehead atoms. The van der Waals surface area contributed by atoms with E-state index in [1.54, 1.807) is 24.3 Å². The molecule has 0 aliphatic carbocycles. The highest BCUT2D eigenvalue weighted by atomic mass is 35.5.